The first kappa shape index (κ1) is 19.3. The fraction of sp³-hybridized carbons (Fsp3) is 0.500. The van der Waals surface area contributed by atoms with E-state index in [1.165, 1.54) is 19.3 Å². The normalized spacial score (nSPS) is 16.1. The molecule has 0 saturated carbocycles. The summed E-state index contributed by atoms with van der Waals surface area (Å²) >= 11 is 6.02. The molecule has 0 aliphatic carbocycles. The molecule has 0 radical (unpaired) electrons. The standard InChI is InChI=1S/C18H24ClN3O.ClH/c1-20-8-5-14-6-9-22(10-7-14)12-17-13-23-18(21-17)15-3-2-4-16(19)11-15;/h2-4,11,13-14,20H,5-10,12H2,1H3;1H. The molecular formula is C18H25Cl2N3O. The van der Waals surface area contributed by atoms with Crippen LogP contribution < -0.4 is 5.32 Å². The molecule has 1 aromatic carbocycles. The molecule has 132 valence electrons. The Morgan fingerprint density at radius 3 is 2.83 bits per heavy atom. The topological polar surface area (TPSA) is 41.3 Å². The van der Waals surface area contributed by atoms with E-state index in [0.29, 0.717) is 10.9 Å². The van der Waals surface area contributed by atoms with E-state index in [1.807, 2.05) is 31.3 Å². The number of hydrogen-bond acceptors (Lipinski definition) is 4. The molecule has 1 N–H and O–H groups in total. The average molecular weight is 370 g/mol. The zero-order valence-electron chi connectivity index (χ0n) is 14.0. The van der Waals surface area contributed by atoms with Gasteiger partial charge < -0.3 is 9.73 Å². The van der Waals surface area contributed by atoms with Gasteiger partial charge in [0.2, 0.25) is 5.89 Å². The molecule has 1 aromatic heterocycles. The molecule has 1 aliphatic heterocycles. The van der Waals surface area contributed by atoms with Crippen LogP contribution >= 0.6 is 24.0 Å². The van der Waals surface area contributed by atoms with Crippen LogP contribution in [0.25, 0.3) is 11.5 Å². The third-order valence-corrected chi connectivity index (χ3v) is 4.75. The maximum Gasteiger partial charge on any atom is 0.226 e. The minimum absolute atomic E-state index is 0. The third-order valence-electron chi connectivity index (χ3n) is 4.52. The molecule has 1 saturated heterocycles. The van der Waals surface area contributed by atoms with Crippen LogP contribution in [0.15, 0.2) is 34.9 Å². The van der Waals surface area contributed by atoms with Gasteiger partial charge in [-0.2, -0.15) is 0 Å². The predicted octanol–water partition coefficient (Wildman–Crippen LogP) is 4.24. The molecule has 2 aromatic rings. The molecule has 2 heterocycles. The number of piperidine rings is 1. The highest BCUT2D eigenvalue weighted by atomic mass is 35.5. The molecule has 1 fully saturated rings. The van der Waals surface area contributed by atoms with Crippen molar-refractivity contribution in [2.24, 2.45) is 5.92 Å². The summed E-state index contributed by atoms with van der Waals surface area (Å²) in [5, 5.41) is 3.94. The van der Waals surface area contributed by atoms with Crippen LogP contribution in [0.3, 0.4) is 0 Å². The van der Waals surface area contributed by atoms with Crippen molar-refractivity contribution in [2.45, 2.75) is 25.8 Å². The maximum atomic E-state index is 6.02. The Hall–Kier alpha value is -1.07. The van der Waals surface area contributed by atoms with Crippen molar-refractivity contribution in [3.8, 4) is 11.5 Å². The van der Waals surface area contributed by atoms with Gasteiger partial charge >= 0.3 is 0 Å². The number of likely N-dealkylation sites (tertiary alicyclic amines) is 1. The van der Waals surface area contributed by atoms with E-state index >= 15 is 0 Å². The Balaban J connectivity index is 0.00000208. The highest BCUT2D eigenvalue weighted by molar-refractivity contribution is 6.30. The third kappa shape index (κ3) is 5.21. The Morgan fingerprint density at radius 1 is 1.33 bits per heavy atom. The van der Waals surface area contributed by atoms with Crippen LogP contribution in [-0.2, 0) is 6.54 Å². The molecule has 0 unspecified atom stereocenters. The van der Waals surface area contributed by atoms with Crippen molar-refractivity contribution in [1.29, 1.82) is 0 Å². The second-order valence-corrected chi connectivity index (χ2v) is 6.70. The highest BCUT2D eigenvalue weighted by Crippen LogP contribution is 2.24. The van der Waals surface area contributed by atoms with E-state index < -0.39 is 0 Å². The number of oxazole rings is 1. The minimum atomic E-state index is 0. The summed E-state index contributed by atoms with van der Waals surface area (Å²) in [4.78, 5) is 7.08. The number of halogens is 2. The van der Waals surface area contributed by atoms with Crippen LogP contribution in [0.2, 0.25) is 5.02 Å². The quantitative estimate of drug-likeness (QED) is 0.826. The van der Waals surface area contributed by atoms with Crippen molar-refractivity contribution in [3.05, 3.63) is 41.2 Å². The first-order chi connectivity index (χ1) is 11.2. The summed E-state index contributed by atoms with van der Waals surface area (Å²) in [5.74, 6) is 1.50. The van der Waals surface area contributed by atoms with Crippen molar-refractivity contribution in [2.75, 3.05) is 26.7 Å². The van der Waals surface area contributed by atoms with Gasteiger partial charge in [0, 0.05) is 17.1 Å². The van der Waals surface area contributed by atoms with Crippen molar-refractivity contribution in [1.82, 2.24) is 15.2 Å². The lowest BCUT2D eigenvalue weighted by Crippen LogP contribution is -2.34. The molecule has 0 atom stereocenters. The molecular weight excluding hydrogens is 345 g/mol. The lowest BCUT2D eigenvalue weighted by Gasteiger charge is -2.31. The summed E-state index contributed by atoms with van der Waals surface area (Å²) in [6.07, 6.45) is 5.61. The minimum Gasteiger partial charge on any atom is -0.444 e. The zero-order chi connectivity index (χ0) is 16.1. The monoisotopic (exact) mass is 369 g/mol. The smallest absolute Gasteiger partial charge is 0.226 e. The van der Waals surface area contributed by atoms with Gasteiger partial charge in [-0.05, 0) is 70.1 Å². The van der Waals surface area contributed by atoms with E-state index in [4.69, 9.17) is 16.0 Å². The SMILES string of the molecule is CNCCC1CCN(Cc2coc(-c3cccc(Cl)c3)n2)CC1.Cl. The van der Waals surface area contributed by atoms with E-state index in [0.717, 1.165) is 43.4 Å². The molecule has 24 heavy (non-hydrogen) atoms. The number of benzene rings is 1. The zero-order valence-corrected chi connectivity index (χ0v) is 15.6. The number of nitrogens with one attached hydrogen (secondary N) is 1. The van der Waals surface area contributed by atoms with Gasteiger partial charge in [0.15, 0.2) is 0 Å². The summed E-state index contributed by atoms with van der Waals surface area (Å²) < 4.78 is 5.62. The van der Waals surface area contributed by atoms with E-state index in [9.17, 15) is 0 Å². The van der Waals surface area contributed by atoms with Crippen molar-refractivity contribution < 1.29 is 4.42 Å². The predicted molar refractivity (Wildman–Crippen MR) is 101 cm³/mol. The largest absolute Gasteiger partial charge is 0.444 e. The van der Waals surface area contributed by atoms with Crippen LogP contribution in [0, 0.1) is 5.92 Å². The molecule has 0 bridgehead atoms. The van der Waals surface area contributed by atoms with E-state index in [2.05, 4.69) is 15.2 Å². The first-order valence-corrected chi connectivity index (χ1v) is 8.69. The lowest BCUT2D eigenvalue weighted by atomic mass is 9.93. The summed E-state index contributed by atoms with van der Waals surface area (Å²) in [6.45, 7) is 4.28. The summed E-state index contributed by atoms with van der Waals surface area (Å²) in [6, 6.07) is 7.61. The molecule has 0 spiro atoms. The van der Waals surface area contributed by atoms with Gasteiger partial charge in [0.25, 0.3) is 0 Å². The van der Waals surface area contributed by atoms with Gasteiger partial charge in [-0.3, -0.25) is 4.90 Å². The average Bonchev–Trinajstić information content (AvgIpc) is 3.03. The highest BCUT2D eigenvalue weighted by Gasteiger charge is 2.20. The molecule has 1 aliphatic rings. The fourth-order valence-electron chi connectivity index (χ4n) is 3.14. The second kappa shape index (κ2) is 9.42. The van der Waals surface area contributed by atoms with Gasteiger partial charge in [-0.1, -0.05) is 17.7 Å². The maximum absolute atomic E-state index is 6.02. The Labute approximate surface area is 155 Å². The Morgan fingerprint density at radius 2 is 2.12 bits per heavy atom. The second-order valence-electron chi connectivity index (χ2n) is 6.27. The molecule has 3 rings (SSSR count). The summed E-state index contributed by atoms with van der Waals surface area (Å²) in [5.41, 5.74) is 1.92. The van der Waals surface area contributed by atoms with Crippen molar-refractivity contribution >= 4 is 24.0 Å². The number of rotatable bonds is 6. The first-order valence-electron chi connectivity index (χ1n) is 8.32. The van der Waals surface area contributed by atoms with Crippen LogP contribution in [0.1, 0.15) is 25.0 Å². The van der Waals surface area contributed by atoms with Crippen LogP contribution in [0.5, 0.6) is 0 Å². The Bertz CT molecular complexity index is 624. The number of aromatic nitrogens is 1. The lowest BCUT2D eigenvalue weighted by molar-refractivity contribution is 0.170. The molecule has 4 nitrogen and oxygen atoms in total. The molecule has 6 heteroatoms. The fourth-order valence-corrected chi connectivity index (χ4v) is 3.33. The number of nitrogens with zero attached hydrogens (tertiary/aromatic N) is 2. The van der Waals surface area contributed by atoms with Gasteiger partial charge in [-0.25, -0.2) is 4.98 Å². The molecule has 0 amide bonds. The number of hydrogen-bond donors (Lipinski definition) is 1. The van der Waals surface area contributed by atoms with Crippen molar-refractivity contribution in [3.63, 3.8) is 0 Å². The van der Waals surface area contributed by atoms with Gasteiger partial charge in [0.1, 0.15) is 6.26 Å². The van der Waals surface area contributed by atoms with E-state index in [1.54, 1.807) is 6.26 Å². The Kier molecular flexibility index (Phi) is 7.56. The van der Waals surface area contributed by atoms with E-state index in [-0.39, 0.29) is 12.4 Å². The van der Waals surface area contributed by atoms with Crippen LogP contribution in [-0.4, -0.2) is 36.6 Å². The van der Waals surface area contributed by atoms with Gasteiger partial charge in [0.05, 0.1) is 5.69 Å². The van der Waals surface area contributed by atoms with Crippen LogP contribution in [0.4, 0.5) is 0 Å². The summed E-state index contributed by atoms with van der Waals surface area (Å²) in [7, 11) is 2.03. The van der Waals surface area contributed by atoms with Gasteiger partial charge in [-0.15, -0.1) is 12.4 Å².